The Morgan fingerprint density at radius 1 is 1.37 bits per heavy atom. The molecule has 1 aromatic rings. The van der Waals surface area contributed by atoms with Crippen molar-refractivity contribution < 1.29 is 4.92 Å². The molecular formula is C13H18ClN3O2. The third-order valence-electron chi connectivity index (χ3n) is 3.36. The predicted molar refractivity (Wildman–Crippen MR) is 75.7 cm³/mol. The zero-order valence-corrected chi connectivity index (χ0v) is 11.5. The highest BCUT2D eigenvalue weighted by atomic mass is 35.5. The molecule has 0 aromatic heterocycles. The minimum absolute atomic E-state index is 0.00124. The Balaban J connectivity index is 1.85. The molecule has 0 amide bonds. The molecule has 1 heterocycles. The zero-order valence-electron chi connectivity index (χ0n) is 10.8. The van der Waals surface area contributed by atoms with E-state index in [9.17, 15) is 10.1 Å². The number of nitro groups is 1. The monoisotopic (exact) mass is 283 g/mol. The van der Waals surface area contributed by atoms with Gasteiger partial charge in [-0.3, -0.25) is 10.1 Å². The van der Waals surface area contributed by atoms with Crippen LogP contribution in [0.5, 0.6) is 0 Å². The van der Waals surface area contributed by atoms with Gasteiger partial charge in [0.15, 0.2) is 0 Å². The summed E-state index contributed by atoms with van der Waals surface area (Å²) in [5.74, 6) is 0. The Morgan fingerprint density at radius 3 is 2.79 bits per heavy atom. The number of rotatable bonds is 5. The van der Waals surface area contributed by atoms with E-state index < -0.39 is 4.92 Å². The normalized spacial score (nSPS) is 16.5. The maximum Gasteiger partial charge on any atom is 0.288 e. The lowest BCUT2D eigenvalue weighted by Crippen LogP contribution is -2.43. The lowest BCUT2D eigenvalue weighted by molar-refractivity contribution is -0.384. The predicted octanol–water partition coefficient (Wildman–Crippen LogP) is 2.09. The van der Waals surface area contributed by atoms with Crippen LogP contribution >= 0.6 is 11.6 Å². The van der Waals surface area contributed by atoms with Gasteiger partial charge in [-0.1, -0.05) is 17.7 Å². The largest absolute Gasteiger partial charge is 0.314 e. The molecule has 0 spiro atoms. The van der Waals surface area contributed by atoms with Crippen molar-refractivity contribution in [3.63, 3.8) is 0 Å². The molecule has 2 rings (SSSR count). The first-order valence-corrected chi connectivity index (χ1v) is 6.90. The molecule has 1 aliphatic rings. The van der Waals surface area contributed by atoms with Crippen LogP contribution in [0.4, 0.5) is 5.69 Å². The number of piperazine rings is 1. The lowest BCUT2D eigenvalue weighted by atomic mass is 10.1. The van der Waals surface area contributed by atoms with Crippen LogP contribution in [0.3, 0.4) is 0 Å². The van der Waals surface area contributed by atoms with Crippen molar-refractivity contribution in [3.05, 3.63) is 38.9 Å². The van der Waals surface area contributed by atoms with Crippen molar-refractivity contribution in [1.29, 1.82) is 0 Å². The van der Waals surface area contributed by atoms with Crippen LogP contribution in [0.1, 0.15) is 12.0 Å². The van der Waals surface area contributed by atoms with E-state index in [-0.39, 0.29) is 10.7 Å². The molecule has 1 fully saturated rings. The Kier molecular flexibility index (Phi) is 5.13. The molecule has 6 heteroatoms. The van der Waals surface area contributed by atoms with Crippen molar-refractivity contribution in [1.82, 2.24) is 10.2 Å². The molecule has 104 valence electrons. The smallest absolute Gasteiger partial charge is 0.288 e. The van der Waals surface area contributed by atoms with E-state index in [1.54, 1.807) is 12.1 Å². The fourth-order valence-electron chi connectivity index (χ4n) is 2.30. The summed E-state index contributed by atoms with van der Waals surface area (Å²) < 4.78 is 0. The van der Waals surface area contributed by atoms with Crippen LogP contribution in [0, 0.1) is 10.1 Å². The van der Waals surface area contributed by atoms with Gasteiger partial charge in [0, 0.05) is 32.2 Å². The quantitative estimate of drug-likeness (QED) is 0.664. The maximum absolute atomic E-state index is 10.8. The van der Waals surface area contributed by atoms with Crippen molar-refractivity contribution in [2.75, 3.05) is 32.7 Å². The van der Waals surface area contributed by atoms with E-state index in [0.717, 1.165) is 51.1 Å². The highest BCUT2D eigenvalue weighted by Gasteiger charge is 2.13. The van der Waals surface area contributed by atoms with Crippen LogP contribution in [-0.2, 0) is 6.42 Å². The Bertz CT molecular complexity index is 448. The summed E-state index contributed by atoms with van der Waals surface area (Å²) in [6.07, 6.45) is 1.86. The molecule has 0 atom stereocenters. The summed E-state index contributed by atoms with van der Waals surface area (Å²) >= 11 is 5.79. The third-order valence-corrected chi connectivity index (χ3v) is 3.68. The van der Waals surface area contributed by atoms with E-state index >= 15 is 0 Å². The fourth-order valence-corrected chi connectivity index (χ4v) is 2.48. The SMILES string of the molecule is O=[N+]([O-])c1cc(CCCN2CCNCC2)ccc1Cl. The lowest BCUT2D eigenvalue weighted by Gasteiger charge is -2.27. The van der Waals surface area contributed by atoms with Crippen molar-refractivity contribution in [2.24, 2.45) is 0 Å². The molecule has 0 aliphatic carbocycles. The third kappa shape index (κ3) is 4.16. The first kappa shape index (κ1) is 14.2. The number of halogens is 1. The average molecular weight is 284 g/mol. The van der Waals surface area contributed by atoms with Crippen LogP contribution in [-0.4, -0.2) is 42.5 Å². The molecule has 0 saturated carbocycles. The average Bonchev–Trinajstić information content (AvgIpc) is 2.41. The van der Waals surface area contributed by atoms with Gasteiger partial charge >= 0.3 is 0 Å². The number of nitrogens with one attached hydrogen (secondary N) is 1. The number of hydrogen-bond acceptors (Lipinski definition) is 4. The van der Waals surface area contributed by atoms with Crippen LogP contribution in [0.15, 0.2) is 18.2 Å². The van der Waals surface area contributed by atoms with Gasteiger partial charge in [0.2, 0.25) is 0 Å². The van der Waals surface area contributed by atoms with Gasteiger partial charge in [-0.15, -0.1) is 0 Å². The van der Waals surface area contributed by atoms with Gasteiger partial charge in [-0.05, 0) is 31.0 Å². The Morgan fingerprint density at radius 2 is 2.11 bits per heavy atom. The fraction of sp³-hybridized carbons (Fsp3) is 0.538. The Hall–Kier alpha value is -1.17. The van der Waals surface area contributed by atoms with Gasteiger partial charge in [-0.25, -0.2) is 0 Å². The first-order chi connectivity index (χ1) is 9.16. The summed E-state index contributed by atoms with van der Waals surface area (Å²) in [7, 11) is 0. The van der Waals surface area contributed by atoms with E-state index in [1.807, 2.05) is 6.07 Å². The number of aryl methyl sites for hydroxylation is 1. The summed E-state index contributed by atoms with van der Waals surface area (Å²) in [4.78, 5) is 12.8. The van der Waals surface area contributed by atoms with Crippen molar-refractivity contribution in [3.8, 4) is 0 Å². The van der Waals surface area contributed by atoms with Gasteiger partial charge in [0.05, 0.1) is 4.92 Å². The number of benzene rings is 1. The van der Waals surface area contributed by atoms with Crippen LogP contribution in [0.25, 0.3) is 0 Å². The molecule has 0 radical (unpaired) electrons. The highest BCUT2D eigenvalue weighted by Crippen LogP contribution is 2.25. The molecule has 0 bridgehead atoms. The molecule has 1 N–H and O–H groups in total. The van der Waals surface area contributed by atoms with Gasteiger partial charge in [0.25, 0.3) is 5.69 Å². The summed E-state index contributed by atoms with van der Waals surface area (Å²) in [5, 5.41) is 14.3. The van der Waals surface area contributed by atoms with Crippen molar-refractivity contribution in [2.45, 2.75) is 12.8 Å². The number of nitro benzene ring substituents is 1. The standard InChI is InChI=1S/C13H18ClN3O2/c14-12-4-3-11(10-13(12)17(18)19)2-1-7-16-8-5-15-6-9-16/h3-4,10,15H,1-2,5-9H2. The first-order valence-electron chi connectivity index (χ1n) is 6.53. The van der Waals surface area contributed by atoms with E-state index in [0.29, 0.717) is 0 Å². The second-order valence-electron chi connectivity index (χ2n) is 4.74. The second-order valence-corrected chi connectivity index (χ2v) is 5.15. The van der Waals surface area contributed by atoms with Gasteiger partial charge in [0.1, 0.15) is 5.02 Å². The molecule has 0 unspecified atom stereocenters. The van der Waals surface area contributed by atoms with Crippen molar-refractivity contribution >= 4 is 17.3 Å². The maximum atomic E-state index is 10.8. The minimum Gasteiger partial charge on any atom is -0.314 e. The second kappa shape index (κ2) is 6.84. The summed E-state index contributed by atoms with van der Waals surface area (Å²) in [5.41, 5.74) is 0.979. The molecular weight excluding hydrogens is 266 g/mol. The molecule has 1 aliphatic heterocycles. The molecule has 5 nitrogen and oxygen atoms in total. The van der Waals surface area contributed by atoms with E-state index in [1.165, 1.54) is 0 Å². The summed E-state index contributed by atoms with van der Waals surface area (Å²) in [6.45, 7) is 5.30. The van der Waals surface area contributed by atoms with Gasteiger partial charge < -0.3 is 10.2 Å². The Labute approximate surface area is 117 Å². The molecule has 1 saturated heterocycles. The topological polar surface area (TPSA) is 58.4 Å². The van der Waals surface area contributed by atoms with Gasteiger partial charge in [-0.2, -0.15) is 0 Å². The van der Waals surface area contributed by atoms with E-state index in [4.69, 9.17) is 11.6 Å². The van der Waals surface area contributed by atoms with Crippen LogP contribution in [0.2, 0.25) is 5.02 Å². The highest BCUT2D eigenvalue weighted by molar-refractivity contribution is 6.32. The summed E-state index contributed by atoms with van der Waals surface area (Å²) in [6, 6.07) is 5.06. The number of nitrogens with zero attached hydrogens (tertiary/aromatic N) is 2. The van der Waals surface area contributed by atoms with E-state index in [2.05, 4.69) is 10.2 Å². The molecule has 1 aromatic carbocycles. The minimum atomic E-state index is -0.428. The zero-order chi connectivity index (χ0) is 13.7. The van der Waals surface area contributed by atoms with Crippen LogP contribution < -0.4 is 5.32 Å². The number of hydrogen-bond donors (Lipinski definition) is 1. The molecule has 19 heavy (non-hydrogen) atoms.